The predicted molar refractivity (Wildman–Crippen MR) is 97.5 cm³/mol. The summed E-state index contributed by atoms with van der Waals surface area (Å²) in [7, 11) is 0. The Hall–Kier alpha value is -2.57. The monoisotopic (exact) mass is 361 g/mol. The molecule has 7 heteroatoms. The lowest BCUT2D eigenvalue weighted by Crippen LogP contribution is -2.50. The normalized spacial score (nSPS) is 18.3. The van der Waals surface area contributed by atoms with Crippen LogP contribution in [0.15, 0.2) is 30.3 Å². The molecule has 2 rings (SSSR count). The predicted octanol–water partition coefficient (Wildman–Crippen LogP) is 2.01. The van der Waals surface area contributed by atoms with Gasteiger partial charge in [0.25, 0.3) is 0 Å². The number of rotatable bonds is 6. The van der Waals surface area contributed by atoms with E-state index in [1.54, 1.807) is 35.2 Å². The molecule has 1 aromatic rings. The van der Waals surface area contributed by atoms with Crippen LogP contribution in [0.5, 0.6) is 0 Å². The summed E-state index contributed by atoms with van der Waals surface area (Å²) in [6, 6.07) is 7.34. The number of nitrogens with zero attached hydrogens (tertiary/aromatic N) is 1. The molecule has 1 unspecified atom stereocenters. The molecular formula is C19H27N3O4. The minimum Gasteiger partial charge on any atom is -0.479 e. The summed E-state index contributed by atoms with van der Waals surface area (Å²) < 4.78 is 0. The van der Waals surface area contributed by atoms with E-state index in [2.05, 4.69) is 10.6 Å². The van der Waals surface area contributed by atoms with Crippen molar-refractivity contribution in [3.8, 4) is 0 Å². The van der Waals surface area contributed by atoms with Gasteiger partial charge in [-0.1, -0.05) is 44.2 Å². The number of hydrogen-bond donors (Lipinski definition) is 3. The molecule has 1 heterocycles. The van der Waals surface area contributed by atoms with Crippen molar-refractivity contribution in [2.75, 3.05) is 19.6 Å². The fourth-order valence-corrected chi connectivity index (χ4v) is 2.97. The van der Waals surface area contributed by atoms with E-state index >= 15 is 0 Å². The van der Waals surface area contributed by atoms with E-state index in [0.717, 1.165) is 6.42 Å². The van der Waals surface area contributed by atoms with Gasteiger partial charge in [0.15, 0.2) is 6.04 Å². The zero-order chi connectivity index (χ0) is 19.1. The molecule has 142 valence electrons. The summed E-state index contributed by atoms with van der Waals surface area (Å²) in [6.07, 6.45) is 1.36. The average molecular weight is 361 g/mol. The molecule has 3 amide bonds. The Kier molecular flexibility index (Phi) is 7.00. The first-order chi connectivity index (χ1) is 12.4. The third kappa shape index (κ3) is 5.47. The van der Waals surface area contributed by atoms with E-state index in [1.165, 1.54) is 0 Å². The second-order valence-corrected chi connectivity index (χ2v) is 7.06. The van der Waals surface area contributed by atoms with Crippen LogP contribution in [0.25, 0.3) is 0 Å². The molecule has 7 nitrogen and oxygen atoms in total. The fourth-order valence-electron chi connectivity index (χ4n) is 2.97. The largest absolute Gasteiger partial charge is 0.479 e. The summed E-state index contributed by atoms with van der Waals surface area (Å²) in [5, 5.41) is 14.9. The molecular weight excluding hydrogens is 334 g/mol. The molecule has 0 saturated carbocycles. The van der Waals surface area contributed by atoms with Gasteiger partial charge in [0, 0.05) is 19.6 Å². The number of nitrogens with one attached hydrogen (secondary N) is 2. The van der Waals surface area contributed by atoms with E-state index in [4.69, 9.17) is 0 Å². The van der Waals surface area contributed by atoms with Crippen molar-refractivity contribution in [2.24, 2.45) is 11.8 Å². The number of carboxylic acids is 1. The first-order valence-corrected chi connectivity index (χ1v) is 8.99. The van der Waals surface area contributed by atoms with Gasteiger partial charge in [0.05, 0.1) is 5.92 Å². The SMILES string of the molecule is CC(C)CNC(=O)N1CCCC(C(=O)N[C@@H](C(=O)O)c2ccccc2)C1. The maximum atomic E-state index is 12.6. The lowest BCUT2D eigenvalue weighted by atomic mass is 9.96. The summed E-state index contributed by atoms with van der Waals surface area (Å²) in [4.78, 5) is 38.0. The molecule has 0 aromatic heterocycles. The molecule has 0 aliphatic carbocycles. The lowest BCUT2D eigenvalue weighted by molar-refractivity contribution is -0.143. The van der Waals surface area contributed by atoms with Gasteiger partial charge < -0.3 is 20.6 Å². The van der Waals surface area contributed by atoms with Gasteiger partial charge >= 0.3 is 12.0 Å². The molecule has 1 aromatic carbocycles. The fraction of sp³-hybridized carbons (Fsp3) is 0.526. The zero-order valence-corrected chi connectivity index (χ0v) is 15.3. The Morgan fingerprint density at radius 3 is 2.54 bits per heavy atom. The Morgan fingerprint density at radius 2 is 1.92 bits per heavy atom. The van der Waals surface area contributed by atoms with Crippen LogP contribution in [-0.2, 0) is 9.59 Å². The topological polar surface area (TPSA) is 98.7 Å². The number of hydrogen-bond acceptors (Lipinski definition) is 3. The molecule has 26 heavy (non-hydrogen) atoms. The van der Waals surface area contributed by atoms with Crippen molar-refractivity contribution >= 4 is 17.9 Å². The van der Waals surface area contributed by atoms with E-state index in [1.807, 2.05) is 13.8 Å². The zero-order valence-electron chi connectivity index (χ0n) is 15.3. The Bertz CT molecular complexity index is 633. The summed E-state index contributed by atoms with van der Waals surface area (Å²) in [5.74, 6) is -1.49. The van der Waals surface area contributed by atoms with Crippen molar-refractivity contribution in [3.63, 3.8) is 0 Å². The number of benzene rings is 1. The van der Waals surface area contributed by atoms with Crippen molar-refractivity contribution in [3.05, 3.63) is 35.9 Å². The van der Waals surface area contributed by atoms with Gasteiger partial charge in [-0.2, -0.15) is 0 Å². The van der Waals surface area contributed by atoms with Crippen molar-refractivity contribution in [2.45, 2.75) is 32.7 Å². The highest BCUT2D eigenvalue weighted by Crippen LogP contribution is 2.19. The number of carbonyl (C=O) groups excluding carboxylic acids is 2. The molecule has 0 radical (unpaired) electrons. The highest BCUT2D eigenvalue weighted by molar-refractivity contribution is 5.86. The van der Waals surface area contributed by atoms with Crippen molar-refractivity contribution in [1.29, 1.82) is 0 Å². The van der Waals surface area contributed by atoms with E-state index in [-0.39, 0.29) is 11.9 Å². The first-order valence-electron chi connectivity index (χ1n) is 8.99. The molecule has 0 bridgehead atoms. The minimum absolute atomic E-state index is 0.172. The number of piperidine rings is 1. The third-order valence-electron chi connectivity index (χ3n) is 4.41. The van der Waals surface area contributed by atoms with Gasteiger partial charge in [-0.05, 0) is 24.3 Å². The summed E-state index contributed by atoms with van der Waals surface area (Å²) in [5.41, 5.74) is 0.524. The number of carbonyl (C=O) groups is 3. The highest BCUT2D eigenvalue weighted by atomic mass is 16.4. The van der Waals surface area contributed by atoms with Gasteiger partial charge in [-0.25, -0.2) is 9.59 Å². The molecule has 1 aliphatic heterocycles. The molecule has 0 spiro atoms. The van der Waals surface area contributed by atoms with E-state index in [9.17, 15) is 19.5 Å². The van der Waals surface area contributed by atoms with Gasteiger partial charge in [0.2, 0.25) is 5.91 Å². The minimum atomic E-state index is -1.10. The van der Waals surface area contributed by atoms with Gasteiger partial charge in [-0.3, -0.25) is 4.79 Å². The van der Waals surface area contributed by atoms with E-state index in [0.29, 0.717) is 37.5 Å². The Labute approximate surface area is 153 Å². The Balaban J connectivity index is 1.97. The van der Waals surface area contributed by atoms with E-state index < -0.39 is 17.9 Å². The van der Waals surface area contributed by atoms with Crippen molar-refractivity contribution in [1.82, 2.24) is 15.5 Å². The number of amides is 3. The third-order valence-corrected chi connectivity index (χ3v) is 4.41. The summed E-state index contributed by atoms with van der Waals surface area (Å²) in [6.45, 7) is 5.53. The van der Waals surface area contributed by atoms with Gasteiger partial charge in [0.1, 0.15) is 0 Å². The number of likely N-dealkylation sites (tertiary alicyclic amines) is 1. The quantitative estimate of drug-likeness (QED) is 0.722. The van der Waals surface area contributed by atoms with Crippen LogP contribution >= 0.6 is 0 Å². The van der Waals surface area contributed by atoms with Crippen LogP contribution in [0.3, 0.4) is 0 Å². The lowest BCUT2D eigenvalue weighted by Gasteiger charge is -2.32. The summed E-state index contributed by atoms with van der Waals surface area (Å²) >= 11 is 0. The Morgan fingerprint density at radius 1 is 1.23 bits per heavy atom. The maximum absolute atomic E-state index is 12.6. The molecule has 3 N–H and O–H groups in total. The number of aliphatic carboxylic acids is 1. The highest BCUT2D eigenvalue weighted by Gasteiger charge is 2.31. The van der Waals surface area contributed by atoms with Crippen LogP contribution < -0.4 is 10.6 Å². The first kappa shape index (κ1) is 19.8. The van der Waals surface area contributed by atoms with Gasteiger partial charge in [-0.15, -0.1) is 0 Å². The second-order valence-electron chi connectivity index (χ2n) is 7.06. The average Bonchev–Trinajstić information content (AvgIpc) is 2.64. The molecule has 1 aliphatic rings. The maximum Gasteiger partial charge on any atom is 0.330 e. The van der Waals surface area contributed by atoms with Crippen LogP contribution in [0, 0.1) is 11.8 Å². The molecule has 1 fully saturated rings. The van der Waals surface area contributed by atoms with Crippen LogP contribution in [0.1, 0.15) is 38.3 Å². The smallest absolute Gasteiger partial charge is 0.330 e. The van der Waals surface area contributed by atoms with Crippen LogP contribution in [-0.4, -0.2) is 47.5 Å². The van der Waals surface area contributed by atoms with Crippen molar-refractivity contribution < 1.29 is 19.5 Å². The van der Waals surface area contributed by atoms with Crippen LogP contribution in [0.4, 0.5) is 4.79 Å². The van der Waals surface area contributed by atoms with Crippen LogP contribution in [0.2, 0.25) is 0 Å². The molecule has 1 saturated heterocycles. The second kappa shape index (κ2) is 9.22. The number of carboxylic acid groups (broad SMARTS) is 1. The number of urea groups is 1. The molecule has 2 atom stereocenters. The standard InChI is InChI=1S/C19H27N3O4/c1-13(2)11-20-19(26)22-10-6-9-15(12-22)17(23)21-16(18(24)25)14-7-4-3-5-8-14/h3-5,7-8,13,15-16H,6,9-12H2,1-2H3,(H,20,26)(H,21,23)(H,24,25)/t15?,16-/m1/s1.